The second-order valence-electron chi connectivity index (χ2n) is 3.85. The molecule has 0 aromatic carbocycles. The number of thioether (sulfide) groups is 1. The molecule has 5 heteroatoms. The highest BCUT2D eigenvalue weighted by atomic mass is 32.2. The first-order valence-corrected chi connectivity index (χ1v) is 6.07. The lowest BCUT2D eigenvalue weighted by Crippen LogP contribution is -2.33. The summed E-state index contributed by atoms with van der Waals surface area (Å²) in [5.74, 6) is 0. The summed E-state index contributed by atoms with van der Waals surface area (Å²) in [7, 11) is 0. The fourth-order valence-corrected chi connectivity index (χ4v) is 2.45. The second kappa shape index (κ2) is 4.70. The predicted molar refractivity (Wildman–Crippen MR) is 64.2 cm³/mol. The summed E-state index contributed by atoms with van der Waals surface area (Å²) in [6.07, 6.45) is 3.78. The molecule has 0 bridgehead atoms. The van der Waals surface area contributed by atoms with Gasteiger partial charge in [-0.3, -0.25) is 9.67 Å². The Hall–Kier alpha value is -0.970. The van der Waals surface area contributed by atoms with Gasteiger partial charge in [-0.1, -0.05) is 18.7 Å². The lowest BCUT2D eigenvalue weighted by molar-refractivity contribution is 0.508. The lowest BCUT2D eigenvalue weighted by Gasteiger charge is -2.14. The maximum atomic E-state index is 4.42. The van der Waals surface area contributed by atoms with Crippen LogP contribution in [0.2, 0.25) is 0 Å². The van der Waals surface area contributed by atoms with E-state index in [1.807, 2.05) is 28.7 Å². The van der Waals surface area contributed by atoms with E-state index < -0.39 is 0 Å². The molecule has 0 spiro atoms. The summed E-state index contributed by atoms with van der Waals surface area (Å²) < 4.78 is 1.93. The highest BCUT2D eigenvalue weighted by Crippen LogP contribution is 2.18. The molecule has 2 atom stereocenters. The molecule has 15 heavy (non-hydrogen) atoms. The van der Waals surface area contributed by atoms with Crippen LogP contribution in [0.1, 0.15) is 13.8 Å². The van der Waals surface area contributed by atoms with E-state index in [2.05, 4.69) is 29.3 Å². The largest absolute Gasteiger partial charge is 0.361 e. The van der Waals surface area contributed by atoms with Gasteiger partial charge in [-0.25, -0.2) is 0 Å². The maximum absolute atomic E-state index is 4.42. The molecule has 0 aliphatic carbocycles. The molecule has 1 N–H and O–H groups in total. The van der Waals surface area contributed by atoms with E-state index in [1.165, 1.54) is 0 Å². The number of aromatic nitrogens is 2. The Labute approximate surface area is 94.2 Å². The third-order valence-electron chi connectivity index (χ3n) is 2.19. The Morgan fingerprint density at radius 3 is 3.20 bits per heavy atom. The molecule has 0 fully saturated rings. The Balaban J connectivity index is 1.80. The van der Waals surface area contributed by atoms with Crippen molar-refractivity contribution in [3.05, 3.63) is 18.5 Å². The van der Waals surface area contributed by atoms with Crippen molar-refractivity contribution in [3.8, 4) is 0 Å². The summed E-state index contributed by atoms with van der Waals surface area (Å²) in [6, 6.07) is 2.30. The first kappa shape index (κ1) is 10.5. The zero-order chi connectivity index (χ0) is 10.7. The summed E-state index contributed by atoms with van der Waals surface area (Å²) >= 11 is 1.82. The molecule has 2 heterocycles. The molecule has 1 aliphatic rings. The smallest absolute Gasteiger partial charge is 0.157 e. The van der Waals surface area contributed by atoms with Crippen molar-refractivity contribution in [3.63, 3.8) is 0 Å². The van der Waals surface area contributed by atoms with E-state index in [0.29, 0.717) is 11.3 Å². The lowest BCUT2D eigenvalue weighted by atomic mass is 10.3. The summed E-state index contributed by atoms with van der Waals surface area (Å²) in [4.78, 5) is 4.42. The van der Waals surface area contributed by atoms with Gasteiger partial charge in [0.05, 0.1) is 13.1 Å². The van der Waals surface area contributed by atoms with Crippen molar-refractivity contribution in [1.82, 2.24) is 15.1 Å². The van der Waals surface area contributed by atoms with Crippen molar-refractivity contribution in [2.24, 2.45) is 4.99 Å². The topological polar surface area (TPSA) is 42.2 Å². The average molecular weight is 224 g/mol. The fourth-order valence-electron chi connectivity index (χ4n) is 1.50. The molecule has 1 aromatic rings. The van der Waals surface area contributed by atoms with Crippen LogP contribution in [0.5, 0.6) is 0 Å². The van der Waals surface area contributed by atoms with E-state index in [0.717, 1.165) is 18.3 Å². The highest BCUT2D eigenvalue weighted by Gasteiger charge is 2.16. The average Bonchev–Trinajstić information content (AvgIpc) is 2.77. The van der Waals surface area contributed by atoms with Crippen molar-refractivity contribution < 1.29 is 0 Å². The van der Waals surface area contributed by atoms with E-state index in [9.17, 15) is 0 Å². The molecule has 82 valence electrons. The summed E-state index contributed by atoms with van der Waals surface area (Å²) in [6.45, 7) is 6.15. The van der Waals surface area contributed by atoms with Gasteiger partial charge >= 0.3 is 0 Å². The molecular formula is C10H16N4S. The quantitative estimate of drug-likeness (QED) is 0.843. The number of hydrogen-bond donors (Lipinski definition) is 1. The first-order valence-electron chi connectivity index (χ1n) is 5.19. The van der Waals surface area contributed by atoms with Crippen LogP contribution < -0.4 is 5.32 Å². The standard InChI is InChI=1S/C10H16N4S/c1-8(7-14-5-3-4-12-14)13-10-11-6-9(2)15-10/h3-5,8-9H,6-7H2,1-2H3,(H,11,13). The number of nitrogens with zero attached hydrogens (tertiary/aromatic N) is 3. The van der Waals surface area contributed by atoms with Crippen LogP contribution in [0.4, 0.5) is 0 Å². The van der Waals surface area contributed by atoms with Gasteiger partial charge in [-0.2, -0.15) is 5.10 Å². The van der Waals surface area contributed by atoms with Crippen LogP contribution in [0, 0.1) is 0 Å². The Bertz CT molecular complexity index is 333. The first-order chi connectivity index (χ1) is 7.24. The maximum Gasteiger partial charge on any atom is 0.157 e. The second-order valence-corrected chi connectivity index (χ2v) is 5.27. The number of hydrogen-bond acceptors (Lipinski definition) is 4. The monoisotopic (exact) mass is 224 g/mol. The summed E-state index contributed by atoms with van der Waals surface area (Å²) in [5, 5.41) is 9.26. The molecular weight excluding hydrogens is 208 g/mol. The van der Waals surface area contributed by atoms with E-state index >= 15 is 0 Å². The molecule has 0 saturated carbocycles. The van der Waals surface area contributed by atoms with Crippen LogP contribution in [0.15, 0.2) is 23.5 Å². The van der Waals surface area contributed by atoms with Gasteiger partial charge in [-0.15, -0.1) is 0 Å². The van der Waals surface area contributed by atoms with Crippen LogP contribution in [-0.2, 0) is 6.54 Å². The minimum absolute atomic E-state index is 0.362. The molecule has 1 aliphatic heterocycles. The molecule has 2 rings (SSSR count). The number of amidine groups is 1. The third kappa shape index (κ3) is 2.99. The highest BCUT2D eigenvalue weighted by molar-refractivity contribution is 8.14. The van der Waals surface area contributed by atoms with Crippen molar-refractivity contribution in [2.75, 3.05) is 6.54 Å². The van der Waals surface area contributed by atoms with Crippen molar-refractivity contribution in [2.45, 2.75) is 31.7 Å². The van der Waals surface area contributed by atoms with Gasteiger partial charge in [0.25, 0.3) is 0 Å². The molecule has 0 radical (unpaired) electrons. The van der Waals surface area contributed by atoms with Crippen molar-refractivity contribution >= 4 is 16.9 Å². The van der Waals surface area contributed by atoms with Gasteiger partial charge in [-0.05, 0) is 13.0 Å². The molecule has 4 nitrogen and oxygen atoms in total. The van der Waals surface area contributed by atoms with Gasteiger partial charge in [0.15, 0.2) is 5.17 Å². The van der Waals surface area contributed by atoms with Gasteiger partial charge in [0.1, 0.15) is 0 Å². The molecule has 0 amide bonds. The number of aliphatic imine (C=N–C) groups is 1. The van der Waals surface area contributed by atoms with Gasteiger partial charge in [0.2, 0.25) is 0 Å². The Kier molecular flexibility index (Phi) is 3.30. The Morgan fingerprint density at radius 2 is 2.60 bits per heavy atom. The molecule has 1 aromatic heterocycles. The summed E-state index contributed by atoms with van der Waals surface area (Å²) in [5.41, 5.74) is 0. The van der Waals surface area contributed by atoms with E-state index in [-0.39, 0.29) is 0 Å². The fraction of sp³-hybridized carbons (Fsp3) is 0.600. The van der Waals surface area contributed by atoms with E-state index in [4.69, 9.17) is 0 Å². The van der Waals surface area contributed by atoms with Crippen LogP contribution in [0.3, 0.4) is 0 Å². The normalized spacial score (nSPS) is 22.5. The zero-order valence-electron chi connectivity index (χ0n) is 9.05. The van der Waals surface area contributed by atoms with Gasteiger partial charge in [0, 0.05) is 23.7 Å². The Morgan fingerprint density at radius 1 is 1.73 bits per heavy atom. The number of rotatable bonds is 3. The van der Waals surface area contributed by atoms with E-state index in [1.54, 1.807) is 6.20 Å². The van der Waals surface area contributed by atoms with Crippen LogP contribution >= 0.6 is 11.8 Å². The van der Waals surface area contributed by atoms with Gasteiger partial charge < -0.3 is 5.32 Å². The predicted octanol–water partition coefficient (Wildman–Crippen LogP) is 1.35. The SMILES string of the molecule is CC(Cn1cccn1)NC1=NCC(C)S1. The molecule has 0 saturated heterocycles. The number of nitrogens with one attached hydrogen (secondary N) is 1. The van der Waals surface area contributed by atoms with Crippen molar-refractivity contribution in [1.29, 1.82) is 0 Å². The minimum atomic E-state index is 0.362. The van der Waals surface area contributed by atoms with Crippen LogP contribution in [-0.4, -0.2) is 32.8 Å². The zero-order valence-corrected chi connectivity index (χ0v) is 9.87. The minimum Gasteiger partial charge on any atom is -0.361 e. The molecule has 2 unspecified atom stereocenters. The van der Waals surface area contributed by atoms with Crippen LogP contribution in [0.25, 0.3) is 0 Å². The third-order valence-corrected chi connectivity index (χ3v) is 3.22.